The first-order chi connectivity index (χ1) is 11.5. The minimum absolute atomic E-state index is 0.0546. The molecule has 3 rings (SSSR count). The van der Waals surface area contributed by atoms with Gasteiger partial charge in [-0.2, -0.15) is 5.10 Å². The Labute approximate surface area is 147 Å². The number of nitrogens with one attached hydrogen (secondary N) is 2. The monoisotopic (exact) mass is 346 g/mol. The van der Waals surface area contributed by atoms with Gasteiger partial charge in [0, 0.05) is 25.2 Å². The van der Waals surface area contributed by atoms with Crippen LogP contribution in [0.25, 0.3) is 0 Å². The van der Waals surface area contributed by atoms with Crippen molar-refractivity contribution < 1.29 is 4.79 Å². The van der Waals surface area contributed by atoms with Gasteiger partial charge in [0.05, 0.1) is 11.7 Å². The smallest absolute Gasteiger partial charge is 0.237 e. The zero-order valence-electron chi connectivity index (χ0n) is 14.1. The third-order valence-corrected chi connectivity index (χ3v) is 4.79. The summed E-state index contributed by atoms with van der Waals surface area (Å²) in [7, 11) is 1.82. The summed E-state index contributed by atoms with van der Waals surface area (Å²) in [6.45, 7) is 2.45. The van der Waals surface area contributed by atoms with E-state index >= 15 is 0 Å². The van der Waals surface area contributed by atoms with E-state index in [2.05, 4.69) is 15.7 Å². The Hall–Kier alpha value is -1.85. The molecule has 1 fully saturated rings. The molecule has 5 nitrogen and oxygen atoms in total. The maximum atomic E-state index is 12.6. The van der Waals surface area contributed by atoms with E-state index in [0.717, 1.165) is 29.7 Å². The van der Waals surface area contributed by atoms with E-state index in [0.29, 0.717) is 24.2 Å². The van der Waals surface area contributed by atoms with E-state index in [1.165, 1.54) is 0 Å². The second-order valence-electron chi connectivity index (χ2n) is 6.38. The van der Waals surface area contributed by atoms with Crippen LogP contribution in [0.4, 0.5) is 0 Å². The minimum atomic E-state index is -0.288. The van der Waals surface area contributed by atoms with Gasteiger partial charge in [0.15, 0.2) is 0 Å². The van der Waals surface area contributed by atoms with E-state index in [4.69, 9.17) is 11.6 Å². The molecule has 1 aromatic heterocycles. The van der Waals surface area contributed by atoms with Gasteiger partial charge in [0.25, 0.3) is 0 Å². The number of hydrogen-bond donors (Lipinski definition) is 2. The molecular weight excluding hydrogens is 324 g/mol. The Morgan fingerprint density at radius 2 is 2.08 bits per heavy atom. The molecule has 1 aromatic carbocycles. The van der Waals surface area contributed by atoms with Gasteiger partial charge in [0.1, 0.15) is 5.15 Å². The van der Waals surface area contributed by atoms with Gasteiger partial charge in [-0.1, -0.05) is 41.9 Å². The van der Waals surface area contributed by atoms with E-state index in [1.54, 1.807) is 4.68 Å². The Morgan fingerprint density at radius 3 is 2.67 bits per heavy atom. The Balaban J connectivity index is 1.70. The van der Waals surface area contributed by atoms with Crippen LogP contribution in [0.2, 0.25) is 5.15 Å². The molecule has 0 aliphatic heterocycles. The molecule has 1 heterocycles. The van der Waals surface area contributed by atoms with E-state index in [1.807, 2.05) is 44.3 Å². The average Bonchev–Trinajstić information content (AvgIpc) is 3.34. The molecule has 0 saturated heterocycles. The number of nitrogens with zero attached hydrogens (tertiary/aromatic N) is 2. The number of aryl methyl sites for hydroxylation is 2. The van der Waals surface area contributed by atoms with Crippen molar-refractivity contribution in [2.45, 2.75) is 44.8 Å². The van der Waals surface area contributed by atoms with Crippen molar-refractivity contribution in [3.8, 4) is 0 Å². The number of rotatable bonds is 7. The molecule has 24 heavy (non-hydrogen) atoms. The summed E-state index contributed by atoms with van der Waals surface area (Å²) in [4.78, 5) is 12.6. The highest BCUT2D eigenvalue weighted by molar-refractivity contribution is 6.30. The second kappa shape index (κ2) is 7.36. The number of aromatic nitrogens is 2. The number of carbonyl (C=O) groups is 1. The summed E-state index contributed by atoms with van der Waals surface area (Å²) >= 11 is 6.29. The summed E-state index contributed by atoms with van der Waals surface area (Å²) < 4.78 is 1.66. The van der Waals surface area contributed by atoms with Crippen LogP contribution in [0.3, 0.4) is 0 Å². The highest BCUT2D eigenvalue weighted by atomic mass is 35.5. The first kappa shape index (κ1) is 17.0. The predicted octanol–water partition coefficient (Wildman–Crippen LogP) is 2.36. The number of benzene rings is 1. The standard InChI is InChI=1S/C18H23ClN4O/c1-12-15(17(19)23(2)22-12)11-20-16(18(24)21-14-8-9-14)10-13-6-4-3-5-7-13/h3-7,14,16,20H,8-11H2,1-2H3,(H,21,24). The van der Waals surface area contributed by atoms with Gasteiger partial charge < -0.3 is 10.6 Å². The molecule has 2 N–H and O–H groups in total. The third-order valence-electron chi connectivity index (χ3n) is 4.32. The average molecular weight is 347 g/mol. The summed E-state index contributed by atoms with van der Waals surface area (Å²) in [5.41, 5.74) is 2.96. The van der Waals surface area contributed by atoms with Crippen molar-refractivity contribution in [3.63, 3.8) is 0 Å². The van der Waals surface area contributed by atoms with E-state index < -0.39 is 0 Å². The van der Waals surface area contributed by atoms with Crippen LogP contribution < -0.4 is 10.6 Å². The first-order valence-corrected chi connectivity index (χ1v) is 8.68. The van der Waals surface area contributed by atoms with E-state index in [-0.39, 0.29) is 11.9 Å². The molecule has 1 atom stereocenters. The van der Waals surface area contributed by atoms with Crippen LogP contribution in [0, 0.1) is 6.92 Å². The zero-order valence-corrected chi connectivity index (χ0v) is 14.8. The van der Waals surface area contributed by atoms with Gasteiger partial charge in [-0.15, -0.1) is 0 Å². The lowest BCUT2D eigenvalue weighted by molar-refractivity contribution is -0.123. The molecule has 1 unspecified atom stereocenters. The van der Waals surface area contributed by atoms with Gasteiger partial charge in [-0.05, 0) is 31.7 Å². The number of carbonyl (C=O) groups excluding carboxylic acids is 1. The van der Waals surface area contributed by atoms with Crippen molar-refractivity contribution in [3.05, 3.63) is 52.3 Å². The number of hydrogen-bond acceptors (Lipinski definition) is 3. The number of amides is 1. The summed E-state index contributed by atoms with van der Waals surface area (Å²) in [5, 5.41) is 11.4. The molecule has 0 spiro atoms. The molecule has 1 saturated carbocycles. The van der Waals surface area contributed by atoms with Crippen LogP contribution in [-0.4, -0.2) is 27.8 Å². The maximum absolute atomic E-state index is 12.6. The Morgan fingerprint density at radius 1 is 1.38 bits per heavy atom. The third kappa shape index (κ3) is 4.16. The second-order valence-corrected chi connectivity index (χ2v) is 6.74. The topological polar surface area (TPSA) is 59.0 Å². The van der Waals surface area contributed by atoms with Gasteiger partial charge in [-0.25, -0.2) is 0 Å². The Bertz CT molecular complexity index is 709. The molecule has 1 aliphatic rings. The van der Waals surface area contributed by atoms with Gasteiger partial charge >= 0.3 is 0 Å². The number of halogens is 1. The van der Waals surface area contributed by atoms with E-state index in [9.17, 15) is 4.79 Å². The highest BCUT2D eigenvalue weighted by Gasteiger charge is 2.27. The highest BCUT2D eigenvalue weighted by Crippen LogP contribution is 2.20. The summed E-state index contributed by atoms with van der Waals surface area (Å²) in [6, 6.07) is 10.1. The fourth-order valence-corrected chi connectivity index (χ4v) is 2.98. The van der Waals surface area contributed by atoms with Crippen molar-refractivity contribution in [2.24, 2.45) is 7.05 Å². The van der Waals surface area contributed by atoms with Crippen LogP contribution in [-0.2, 0) is 24.8 Å². The molecule has 0 bridgehead atoms. The molecule has 128 valence electrons. The predicted molar refractivity (Wildman–Crippen MR) is 94.9 cm³/mol. The van der Waals surface area contributed by atoms with Crippen LogP contribution in [0.1, 0.15) is 29.7 Å². The summed E-state index contributed by atoms with van der Waals surface area (Å²) in [5.74, 6) is 0.0546. The minimum Gasteiger partial charge on any atom is -0.352 e. The first-order valence-electron chi connectivity index (χ1n) is 8.30. The molecule has 1 amide bonds. The fraction of sp³-hybridized carbons (Fsp3) is 0.444. The quantitative estimate of drug-likeness (QED) is 0.809. The Kier molecular flexibility index (Phi) is 5.21. The van der Waals surface area contributed by atoms with Crippen molar-refractivity contribution in [1.29, 1.82) is 0 Å². The van der Waals surface area contributed by atoms with Crippen LogP contribution >= 0.6 is 11.6 Å². The zero-order chi connectivity index (χ0) is 17.1. The van der Waals surface area contributed by atoms with Crippen LogP contribution in [0.15, 0.2) is 30.3 Å². The lowest BCUT2D eigenvalue weighted by Gasteiger charge is -2.18. The van der Waals surface area contributed by atoms with Gasteiger partial charge in [-0.3, -0.25) is 9.48 Å². The summed E-state index contributed by atoms with van der Waals surface area (Å²) in [6.07, 6.45) is 2.81. The lowest BCUT2D eigenvalue weighted by Crippen LogP contribution is -2.46. The fourth-order valence-electron chi connectivity index (χ4n) is 2.74. The molecular formula is C18H23ClN4O. The van der Waals surface area contributed by atoms with Crippen molar-refractivity contribution >= 4 is 17.5 Å². The molecule has 2 aromatic rings. The molecule has 6 heteroatoms. The normalized spacial score (nSPS) is 15.3. The van der Waals surface area contributed by atoms with Gasteiger partial charge in [0.2, 0.25) is 5.91 Å². The van der Waals surface area contributed by atoms with Crippen molar-refractivity contribution in [2.75, 3.05) is 0 Å². The SMILES string of the molecule is Cc1nn(C)c(Cl)c1CNC(Cc1ccccc1)C(=O)NC1CC1. The maximum Gasteiger partial charge on any atom is 0.237 e. The van der Waals surface area contributed by atoms with Crippen LogP contribution in [0.5, 0.6) is 0 Å². The molecule has 1 aliphatic carbocycles. The molecule has 0 radical (unpaired) electrons. The largest absolute Gasteiger partial charge is 0.352 e. The van der Waals surface area contributed by atoms with Crippen molar-refractivity contribution in [1.82, 2.24) is 20.4 Å². The lowest BCUT2D eigenvalue weighted by atomic mass is 10.0.